The number of sulfone groups is 1. The first-order valence-corrected chi connectivity index (χ1v) is 7.73. The lowest BCUT2D eigenvalue weighted by atomic mass is 10.1. The van der Waals surface area contributed by atoms with E-state index in [2.05, 4.69) is 0 Å². The molecule has 0 spiro atoms. The van der Waals surface area contributed by atoms with Crippen LogP contribution < -0.4 is 5.73 Å². The van der Waals surface area contributed by atoms with E-state index in [1.807, 2.05) is 6.92 Å². The van der Waals surface area contributed by atoms with Gasteiger partial charge in [0.25, 0.3) is 0 Å². The largest absolute Gasteiger partial charge is 0.328 e. The molecule has 17 heavy (non-hydrogen) atoms. The SMILES string of the molecule is CCC(N)CCCS(=O)(=O)c1ccccc1Cl. The van der Waals surface area contributed by atoms with Gasteiger partial charge in [-0.3, -0.25) is 0 Å². The third-order valence-electron chi connectivity index (χ3n) is 2.68. The van der Waals surface area contributed by atoms with Gasteiger partial charge >= 0.3 is 0 Å². The molecule has 0 bridgehead atoms. The van der Waals surface area contributed by atoms with Crippen LogP contribution in [-0.4, -0.2) is 20.2 Å². The Hall–Kier alpha value is -0.580. The molecule has 3 nitrogen and oxygen atoms in total. The second kappa shape index (κ2) is 6.38. The van der Waals surface area contributed by atoms with Crippen molar-refractivity contribution in [3.8, 4) is 0 Å². The van der Waals surface area contributed by atoms with Crippen LogP contribution in [0.1, 0.15) is 26.2 Å². The van der Waals surface area contributed by atoms with Crippen molar-refractivity contribution in [3.05, 3.63) is 29.3 Å². The maximum absolute atomic E-state index is 12.0. The Labute approximate surface area is 108 Å². The van der Waals surface area contributed by atoms with Crippen molar-refractivity contribution in [3.63, 3.8) is 0 Å². The number of halogens is 1. The van der Waals surface area contributed by atoms with Crippen molar-refractivity contribution in [2.24, 2.45) is 5.73 Å². The van der Waals surface area contributed by atoms with Crippen molar-refractivity contribution >= 4 is 21.4 Å². The van der Waals surface area contributed by atoms with Gasteiger partial charge in [-0.25, -0.2) is 8.42 Å². The van der Waals surface area contributed by atoms with Crippen LogP contribution in [0.4, 0.5) is 0 Å². The maximum Gasteiger partial charge on any atom is 0.179 e. The Morgan fingerprint density at radius 3 is 2.59 bits per heavy atom. The van der Waals surface area contributed by atoms with Gasteiger partial charge in [-0.15, -0.1) is 0 Å². The summed E-state index contributed by atoms with van der Waals surface area (Å²) in [7, 11) is -3.28. The number of hydrogen-bond acceptors (Lipinski definition) is 3. The molecule has 0 saturated heterocycles. The molecule has 1 atom stereocenters. The van der Waals surface area contributed by atoms with Gasteiger partial charge in [0, 0.05) is 6.04 Å². The maximum atomic E-state index is 12.0. The molecule has 96 valence electrons. The van der Waals surface area contributed by atoms with Crippen LogP contribution >= 0.6 is 11.6 Å². The van der Waals surface area contributed by atoms with Gasteiger partial charge in [0.15, 0.2) is 9.84 Å². The van der Waals surface area contributed by atoms with Gasteiger partial charge < -0.3 is 5.73 Å². The standard InChI is InChI=1S/C12H18ClNO2S/c1-2-10(14)6-5-9-17(15,16)12-8-4-3-7-11(12)13/h3-4,7-8,10H,2,5-6,9,14H2,1H3. The third kappa shape index (κ3) is 4.30. The van der Waals surface area contributed by atoms with Crippen LogP contribution in [0.5, 0.6) is 0 Å². The predicted molar refractivity (Wildman–Crippen MR) is 71.0 cm³/mol. The minimum atomic E-state index is -3.28. The highest BCUT2D eigenvalue weighted by molar-refractivity contribution is 7.91. The van der Waals surface area contributed by atoms with Crippen LogP contribution in [0.3, 0.4) is 0 Å². The summed E-state index contributed by atoms with van der Waals surface area (Å²) in [6.07, 6.45) is 2.16. The molecule has 1 aromatic rings. The second-order valence-electron chi connectivity index (χ2n) is 4.06. The average Bonchev–Trinajstić information content (AvgIpc) is 2.28. The van der Waals surface area contributed by atoms with E-state index in [9.17, 15) is 8.42 Å². The first-order chi connectivity index (χ1) is 7.97. The topological polar surface area (TPSA) is 60.2 Å². The highest BCUT2D eigenvalue weighted by Crippen LogP contribution is 2.22. The van der Waals surface area contributed by atoms with E-state index < -0.39 is 9.84 Å². The summed E-state index contributed by atoms with van der Waals surface area (Å²) >= 11 is 5.87. The lowest BCUT2D eigenvalue weighted by Gasteiger charge is -2.09. The smallest absolute Gasteiger partial charge is 0.179 e. The molecule has 5 heteroatoms. The zero-order chi connectivity index (χ0) is 12.9. The Bertz CT molecular complexity index is 459. The average molecular weight is 276 g/mol. The zero-order valence-corrected chi connectivity index (χ0v) is 11.5. The molecule has 0 aliphatic heterocycles. The van der Waals surface area contributed by atoms with E-state index in [1.54, 1.807) is 18.2 Å². The van der Waals surface area contributed by atoms with Crippen LogP contribution in [0.25, 0.3) is 0 Å². The second-order valence-corrected chi connectivity index (χ2v) is 6.54. The molecule has 0 aliphatic carbocycles. The van der Waals surface area contributed by atoms with E-state index in [-0.39, 0.29) is 21.7 Å². The zero-order valence-electron chi connectivity index (χ0n) is 9.90. The summed E-state index contributed by atoms with van der Waals surface area (Å²) in [4.78, 5) is 0.215. The Balaban J connectivity index is 2.67. The Morgan fingerprint density at radius 1 is 1.35 bits per heavy atom. The molecule has 0 heterocycles. The summed E-state index contributed by atoms with van der Waals surface area (Å²) in [5, 5.41) is 0.285. The molecular formula is C12H18ClNO2S. The Morgan fingerprint density at radius 2 is 2.00 bits per heavy atom. The van der Waals surface area contributed by atoms with Crippen LogP contribution in [-0.2, 0) is 9.84 Å². The van der Waals surface area contributed by atoms with E-state index in [1.165, 1.54) is 6.07 Å². The van der Waals surface area contributed by atoms with Gasteiger partial charge in [0.2, 0.25) is 0 Å². The molecule has 0 aliphatic rings. The van der Waals surface area contributed by atoms with Crippen LogP contribution in [0.15, 0.2) is 29.2 Å². The Kier molecular flexibility index (Phi) is 5.43. The highest BCUT2D eigenvalue weighted by atomic mass is 35.5. The number of hydrogen-bond donors (Lipinski definition) is 1. The van der Waals surface area contributed by atoms with Gasteiger partial charge in [0.05, 0.1) is 15.7 Å². The summed E-state index contributed by atoms with van der Waals surface area (Å²) in [5.74, 6) is 0.102. The summed E-state index contributed by atoms with van der Waals surface area (Å²) in [6, 6.07) is 6.60. The van der Waals surface area contributed by atoms with Gasteiger partial charge in [0.1, 0.15) is 0 Å². The molecular weight excluding hydrogens is 258 g/mol. The minimum Gasteiger partial charge on any atom is -0.328 e. The molecule has 0 fully saturated rings. The van der Waals surface area contributed by atoms with Crippen LogP contribution in [0.2, 0.25) is 5.02 Å². The first kappa shape index (κ1) is 14.5. The fraction of sp³-hybridized carbons (Fsp3) is 0.500. The normalized spacial score (nSPS) is 13.6. The van der Waals surface area contributed by atoms with E-state index in [0.717, 1.165) is 12.8 Å². The van der Waals surface area contributed by atoms with E-state index in [4.69, 9.17) is 17.3 Å². The van der Waals surface area contributed by atoms with Crippen molar-refractivity contribution < 1.29 is 8.42 Å². The van der Waals surface area contributed by atoms with Crippen molar-refractivity contribution in [1.29, 1.82) is 0 Å². The summed E-state index contributed by atoms with van der Waals surface area (Å²) in [5.41, 5.74) is 5.75. The number of rotatable bonds is 6. The van der Waals surface area contributed by atoms with Gasteiger partial charge in [-0.2, -0.15) is 0 Å². The molecule has 0 aromatic heterocycles. The van der Waals surface area contributed by atoms with Crippen molar-refractivity contribution in [1.82, 2.24) is 0 Å². The van der Waals surface area contributed by atoms with Crippen molar-refractivity contribution in [2.75, 3.05) is 5.75 Å². The lowest BCUT2D eigenvalue weighted by Crippen LogP contribution is -2.19. The lowest BCUT2D eigenvalue weighted by molar-refractivity contribution is 0.567. The van der Waals surface area contributed by atoms with Gasteiger partial charge in [-0.05, 0) is 31.4 Å². The quantitative estimate of drug-likeness (QED) is 0.868. The molecule has 1 rings (SSSR count). The fourth-order valence-electron chi connectivity index (χ4n) is 1.55. The molecule has 0 radical (unpaired) electrons. The highest BCUT2D eigenvalue weighted by Gasteiger charge is 2.17. The van der Waals surface area contributed by atoms with E-state index in [0.29, 0.717) is 6.42 Å². The molecule has 1 aromatic carbocycles. The number of nitrogens with two attached hydrogens (primary N) is 1. The van der Waals surface area contributed by atoms with E-state index >= 15 is 0 Å². The predicted octanol–water partition coefficient (Wildman–Crippen LogP) is 2.63. The monoisotopic (exact) mass is 275 g/mol. The minimum absolute atomic E-state index is 0.0800. The van der Waals surface area contributed by atoms with Crippen molar-refractivity contribution in [2.45, 2.75) is 37.1 Å². The molecule has 0 saturated carbocycles. The van der Waals surface area contributed by atoms with Crippen LogP contribution in [0, 0.1) is 0 Å². The summed E-state index contributed by atoms with van der Waals surface area (Å²) in [6.45, 7) is 1.99. The molecule has 1 unspecified atom stereocenters. The summed E-state index contributed by atoms with van der Waals surface area (Å²) < 4.78 is 24.0. The molecule has 0 amide bonds. The molecule has 2 N–H and O–H groups in total. The third-order valence-corrected chi connectivity index (χ3v) is 4.98. The fourth-order valence-corrected chi connectivity index (χ4v) is 3.45. The van der Waals surface area contributed by atoms with Gasteiger partial charge in [-0.1, -0.05) is 30.7 Å². The number of benzene rings is 1. The first-order valence-electron chi connectivity index (χ1n) is 5.70.